The molecule has 0 aromatic carbocycles. The van der Waals surface area contributed by atoms with Crippen LogP contribution in [0.2, 0.25) is 0 Å². The lowest BCUT2D eigenvalue weighted by Crippen LogP contribution is -2.45. The molecule has 1 aliphatic carbocycles. The standard InChI is InChI=1S/C15H21N5O2/c1-11-13(15-17-14(18-22-15)12-3-4-12)19(9-10-21-11)7-8-20-6-2-5-16-20/h2,5-6,11-13H,3-4,7-10H2,1H3/t11-,13+/m1/s1. The maximum atomic E-state index is 5.81. The molecule has 7 heteroatoms. The Morgan fingerprint density at radius 2 is 2.23 bits per heavy atom. The van der Waals surface area contributed by atoms with Gasteiger partial charge in [0.25, 0.3) is 0 Å². The molecule has 22 heavy (non-hydrogen) atoms. The van der Waals surface area contributed by atoms with Crippen LogP contribution in [-0.2, 0) is 11.3 Å². The van der Waals surface area contributed by atoms with E-state index in [1.165, 1.54) is 12.8 Å². The zero-order valence-corrected chi connectivity index (χ0v) is 12.8. The SMILES string of the molecule is C[C@H]1OCCN(CCn2cccn2)[C@@H]1c1nc(C2CC2)no1. The quantitative estimate of drug-likeness (QED) is 0.836. The Bertz CT molecular complexity index is 607. The van der Waals surface area contributed by atoms with Gasteiger partial charge in [0.15, 0.2) is 5.82 Å². The van der Waals surface area contributed by atoms with Gasteiger partial charge in [0, 0.05) is 31.4 Å². The van der Waals surface area contributed by atoms with Crippen molar-refractivity contribution in [1.29, 1.82) is 0 Å². The fourth-order valence-corrected chi connectivity index (χ4v) is 3.03. The molecule has 2 aliphatic rings. The first kappa shape index (κ1) is 13.9. The second-order valence-corrected chi connectivity index (χ2v) is 6.09. The number of aromatic nitrogens is 4. The summed E-state index contributed by atoms with van der Waals surface area (Å²) in [7, 11) is 0. The van der Waals surface area contributed by atoms with Gasteiger partial charge in [-0.1, -0.05) is 5.16 Å². The molecule has 0 unspecified atom stereocenters. The third-order valence-electron chi connectivity index (χ3n) is 4.43. The molecule has 118 valence electrons. The topological polar surface area (TPSA) is 69.2 Å². The average Bonchev–Trinajstić information content (AvgIpc) is 3.04. The third kappa shape index (κ3) is 2.78. The van der Waals surface area contributed by atoms with Gasteiger partial charge in [0.2, 0.25) is 5.89 Å². The number of ether oxygens (including phenoxy) is 1. The maximum absolute atomic E-state index is 5.81. The van der Waals surface area contributed by atoms with Crippen molar-refractivity contribution in [2.24, 2.45) is 0 Å². The van der Waals surface area contributed by atoms with Crippen molar-refractivity contribution in [2.75, 3.05) is 19.7 Å². The maximum Gasteiger partial charge on any atom is 0.246 e. The molecule has 2 fully saturated rings. The molecule has 1 aliphatic heterocycles. The highest BCUT2D eigenvalue weighted by Crippen LogP contribution is 2.39. The van der Waals surface area contributed by atoms with Crippen molar-refractivity contribution < 1.29 is 9.26 Å². The summed E-state index contributed by atoms with van der Waals surface area (Å²) in [5.74, 6) is 2.06. The Morgan fingerprint density at radius 3 is 3.00 bits per heavy atom. The van der Waals surface area contributed by atoms with Crippen LogP contribution in [0.5, 0.6) is 0 Å². The molecule has 1 saturated carbocycles. The van der Waals surface area contributed by atoms with Crippen molar-refractivity contribution in [3.63, 3.8) is 0 Å². The summed E-state index contributed by atoms with van der Waals surface area (Å²) < 4.78 is 13.3. The van der Waals surface area contributed by atoms with E-state index in [-0.39, 0.29) is 12.1 Å². The first-order chi connectivity index (χ1) is 10.8. The van der Waals surface area contributed by atoms with Crippen LogP contribution in [0.15, 0.2) is 23.0 Å². The molecule has 2 aromatic rings. The summed E-state index contributed by atoms with van der Waals surface area (Å²) in [6, 6.07) is 1.98. The molecule has 0 radical (unpaired) electrons. The summed E-state index contributed by atoms with van der Waals surface area (Å²) in [6.45, 7) is 5.42. The fourth-order valence-electron chi connectivity index (χ4n) is 3.03. The molecule has 4 rings (SSSR count). The monoisotopic (exact) mass is 303 g/mol. The van der Waals surface area contributed by atoms with Crippen molar-refractivity contribution >= 4 is 0 Å². The fraction of sp³-hybridized carbons (Fsp3) is 0.667. The van der Waals surface area contributed by atoms with Crippen LogP contribution in [-0.4, -0.2) is 50.6 Å². The minimum Gasteiger partial charge on any atom is -0.375 e. The molecule has 2 atom stereocenters. The zero-order valence-electron chi connectivity index (χ0n) is 12.8. The van der Waals surface area contributed by atoms with E-state index in [0.717, 1.165) is 32.1 Å². The van der Waals surface area contributed by atoms with Crippen molar-refractivity contribution in [3.8, 4) is 0 Å². The molecule has 2 aromatic heterocycles. The smallest absolute Gasteiger partial charge is 0.246 e. The van der Waals surface area contributed by atoms with Crippen LogP contribution < -0.4 is 0 Å². The number of hydrogen-bond acceptors (Lipinski definition) is 6. The number of rotatable bonds is 5. The van der Waals surface area contributed by atoms with Gasteiger partial charge in [-0.25, -0.2) is 0 Å². The Kier molecular flexibility index (Phi) is 3.67. The van der Waals surface area contributed by atoms with Crippen molar-refractivity contribution in [3.05, 3.63) is 30.2 Å². The molecule has 0 bridgehead atoms. The normalized spacial score (nSPS) is 26.4. The van der Waals surface area contributed by atoms with Gasteiger partial charge in [-0.15, -0.1) is 0 Å². The van der Waals surface area contributed by atoms with E-state index in [4.69, 9.17) is 9.26 Å². The van der Waals surface area contributed by atoms with Gasteiger partial charge < -0.3 is 9.26 Å². The van der Waals surface area contributed by atoms with Gasteiger partial charge in [-0.2, -0.15) is 10.1 Å². The molecule has 7 nitrogen and oxygen atoms in total. The Morgan fingerprint density at radius 1 is 1.32 bits per heavy atom. The molecule has 0 amide bonds. The predicted molar refractivity (Wildman–Crippen MR) is 78.2 cm³/mol. The number of hydrogen-bond donors (Lipinski definition) is 0. The Hall–Kier alpha value is -1.73. The molecule has 0 N–H and O–H groups in total. The largest absolute Gasteiger partial charge is 0.375 e. The third-order valence-corrected chi connectivity index (χ3v) is 4.43. The highest BCUT2D eigenvalue weighted by molar-refractivity contribution is 5.06. The predicted octanol–water partition coefficient (Wildman–Crippen LogP) is 1.61. The Labute approximate surface area is 129 Å². The number of nitrogens with zero attached hydrogens (tertiary/aromatic N) is 5. The molecule has 0 spiro atoms. The summed E-state index contributed by atoms with van der Waals surface area (Å²) in [5.41, 5.74) is 0. The average molecular weight is 303 g/mol. The van der Waals surface area contributed by atoms with E-state index in [1.807, 2.05) is 16.9 Å². The summed E-state index contributed by atoms with van der Waals surface area (Å²) in [5, 5.41) is 8.41. The van der Waals surface area contributed by atoms with Crippen LogP contribution in [0.1, 0.15) is 43.4 Å². The van der Waals surface area contributed by atoms with Gasteiger partial charge in [0.05, 0.1) is 19.3 Å². The van der Waals surface area contributed by atoms with E-state index in [9.17, 15) is 0 Å². The van der Waals surface area contributed by atoms with Crippen LogP contribution in [0.25, 0.3) is 0 Å². The molecule has 1 saturated heterocycles. The summed E-state index contributed by atoms with van der Waals surface area (Å²) in [6.07, 6.45) is 6.20. The highest BCUT2D eigenvalue weighted by atomic mass is 16.5. The summed E-state index contributed by atoms with van der Waals surface area (Å²) in [4.78, 5) is 6.98. The number of morpholine rings is 1. The van der Waals surface area contributed by atoms with E-state index in [1.54, 1.807) is 6.20 Å². The van der Waals surface area contributed by atoms with Gasteiger partial charge in [-0.3, -0.25) is 9.58 Å². The molecular weight excluding hydrogens is 282 g/mol. The Balaban J connectivity index is 1.49. The molecular formula is C15H21N5O2. The van der Waals surface area contributed by atoms with E-state index < -0.39 is 0 Å². The second-order valence-electron chi connectivity index (χ2n) is 6.09. The van der Waals surface area contributed by atoms with Crippen LogP contribution in [0.3, 0.4) is 0 Å². The first-order valence-corrected chi connectivity index (χ1v) is 7.98. The minimum absolute atomic E-state index is 0.0318. The highest BCUT2D eigenvalue weighted by Gasteiger charge is 2.37. The van der Waals surface area contributed by atoms with Crippen molar-refractivity contribution in [2.45, 2.75) is 44.4 Å². The lowest BCUT2D eigenvalue weighted by molar-refractivity contribution is -0.0739. The first-order valence-electron chi connectivity index (χ1n) is 7.98. The van der Waals surface area contributed by atoms with E-state index in [2.05, 4.69) is 27.1 Å². The van der Waals surface area contributed by atoms with Crippen LogP contribution in [0.4, 0.5) is 0 Å². The molecule has 3 heterocycles. The van der Waals surface area contributed by atoms with Gasteiger partial charge >= 0.3 is 0 Å². The van der Waals surface area contributed by atoms with Gasteiger partial charge in [0.1, 0.15) is 6.04 Å². The minimum atomic E-state index is 0.0318. The van der Waals surface area contributed by atoms with E-state index >= 15 is 0 Å². The van der Waals surface area contributed by atoms with Crippen LogP contribution >= 0.6 is 0 Å². The lowest BCUT2D eigenvalue weighted by Gasteiger charge is -2.37. The van der Waals surface area contributed by atoms with E-state index in [0.29, 0.717) is 11.8 Å². The zero-order chi connectivity index (χ0) is 14.9. The van der Waals surface area contributed by atoms with Crippen LogP contribution in [0, 0.1) is 0 Å². The lowest BCUT2D eigenvalue weighted by atomic mass is 10.1. The van der Waals surface area contributed by atoms with Gasteiger partial charge in [-0.05, 0) is 25.8 Å². The van der Waals surface area contributed by atoms with Crippen molar-refractivity contribution in [1.82, 2.24) is 24.8 Å². The second kappa shape index (κ2) is 5.81. The summed E-state index contributed by atoms with van der Waals surface area (Å²) >= 11 is 0.